The fraction of sp³-hybridized carbons (Fsp3) is 0.786. The highest BCUT2D eigenvalue weighted by Crippen LogP contribution is 2.17. The highest BCUT2D eigenvalue weighted by molar-refractivity contribution is 5.76. The van der Waals surface area contributed by atoms with Gasteiger partial charge in [0, 0.05) is 12.8 Å². The van der Waals surface area contributed by atoms with Gasteiger partial charge in [0.25, 0.3) is 0 Å². The highest BCUT2D eigenvalue weighted by Gasteiger charge is 2.22. The molecule has 0 aromatic carbocycles. The van der Waals surface area contributed by atoms with E-state index in [1.54, 1.807) is 20.8 Å². The molecular formula is C14H24O6. The second-order valence-corrected chi connectivity index (χ2v) is 4.14. The number of carbonyl (C=O) groups is 3. The SMILES string of the molecule is CCOC(=O)CCC(CCC(=O)OCC)C(=O)OCC. The Hall–Kier alpha value is -1.59. The fourth-order valence-corrected chi connectivity index (χ4v) is 1.69. The summed E-state index contributed by atoms with van der Waals surface area (Å²) in [7, 11) is 0. The van der Waals surface area contributed by atoms with E-state index in [1.165, 1.54) is 0 Å². The zero-order valence-corrected chi connectivity index (χ0v) is 12.5. The first-order chi connectivity index (χ1) is 9.54. The molecule has 0 heterocycles. The maximum atomic E-state index is 11.8. The summed E-state index contributed by atoms with van der Waals surface area (Å²) >= 11 is 0. The van der Waals surface area contributed by atoms with Crippen LogP contribution in [0.5, 0.6) is 0 Å². The molecule has 0 amide bonds. The summed E-state index contributed by atoms with van der Waals surface area (Å²) in [4.78, 5) is 34.4. The lowest BCUT2D eigenvalue weighted by molar-refractivity contribution is -0.150. The first-order valence-corrected chi connectivity index (χ1v) is 7.02. The number of esters is 3. The molecule has 0 saturated heterocycles. The second-order valence-electron chi connectivity index (χ2n) is 4.14. The Morgan fingerprint density at radius 1 is 0.750 bits per heavy atom. The van der Waals surface area contributed by atoms with Crippen molar-refractivity contribution in [3.8, 4) is 0 Å². The van der Waals surface area contributed by atoms with Crippen molar-refractivity contribution in [2.75, 3.05) is 19.8 Å². The average Bonchev–Trinajstić information content (AvgIpc) is 2.39. The van der Waals surface area contributed by atoms with Crippen molar-refractivity contribution in [1.29, 1.82) is 0 Å². The van der Waals surface area contributed by atoms with E-state index in [9.17, 15) is 14.4 Å². The van der Waals surface area contributed by atoms with Gasteiger partial charge in [-0.05, 0) is 33.6 Å². The van der Waals surface area contributed by atoms with Crippen LogP contribution in [-0.2, 0) is 28.6 Å². The maximum absolute atomic E-state index is 11.8. The van der Waals surface area contributed by atoms with Crippen LogP contribution in [0.15, 0.2) is 0 Å². The van der Waals surface area contributed by atoms with E-state index >= 15 is 0 Å². The van der Waals surface area contributed by atoms with Gasteiger partial charge >= 0.3 is 17.9 Å². The van der Waals surface area contributed by atoms with Crippen molar-refractivity contribution < 1.29 is 28.6 Å². The van der Waals surface area contributed by atoms with E-state index in [0.29, 0.717) is 26.1 Å². The molecule has 0 aliphatic heterocycles. The number of carbonyl (C=O) groups excluding carboxylic acids is 3. The summed E-state index contributed by atoms with van der Waals surface area (Å²) in [5.74, 6) is -1.57. The minimum absolute atomic E-state index is 0.139. The van der Waals surface area contributed by atoms with Crippen LogP contribution in [0, 0.1) is 5.92 Å². The van der Waals surface area contributed by atoms with Crippen LogP contribution >= 0.6 is 0 Å². The molecule has 0 unspecified atom stereocenters. The first-order valence-electron chi connectivity index (χ1n) is 7.02. The molecule has 0 N–H and O–H groups in total. The van der Waals surface area contributed by atoms with Gasteiger partial charge in [-0.3, -0.25) is 14.4 Å². The van der Waals surface area contributed by atoms with Crippen LogP contribution in [0.2, 0.25) is 0 Å². The molecule has 0 aliphatic carbocycles. The van der Waals surface area contributed by atoms with E-state index in [0.717, 1.165) is 0 Å². The largest absolute Gasteiger partial charge is 0.466 e. The molecular weight excluding hydrogens is 264 g/mol. The minimum atomic E-state index is -0.483. The van der Waals surface area contributed by atoms with Crippen molar-refractivity contribution in [2.45, 2.75) is 46.5 Å². The molecule has 0 fully saturated rings. The molecule has 0 bridgehead atoms. The van der Waals surface area contributed by atoms with Gasteiger partial charge < -0.3 is 14.2 Å². The van der Waals surface area contributed by atoms with Crippen LogP contribution in [0.3, 0.4) is 0 Å². The molecule has 0 radical (unpaired) electrons. The second kappa shape index (κ2) is 11.3. The van der Waals surface area contributed by atoms with Crippen molar-refractivity contribution in [2.24, 2.45) is 5.92 Å². The van der Waals surface area contributed by atoms with E-state index < -0.39 is 5.92 Å². The lowest BCUT2D eigenvalue weighted by atomic mass is 9.97. The molecule has 6 nitrogen and oxygen atoms in total. The van der Waals surface area contributed by atoms with Gasteiger partial charge in [0.1, 0.15) is 0 Å². The molecule has 116 valence electrons. The lowest BCUT2D eigenvalue weighted by Crippen LogP contribution is -2.21. The van der Waals surface area contributed by atoms with Gasteiger partial charge in [-0.25, -0.2) is 0 Å². The Kier molecular flexibility index (Phi) is 10.4. The van der Waals surface area contributed by atoms with E-state index in [2.05, 4.69) is 0 Å². The Bertz CT molecular complexity index is 291. The lowest BCUT2D eigenvalue weighted by Gasteiger charge is -2.14. The topological polar surface area (TPSA) is 78.9 Å². The van der Waals surface area contributed by atoms with E-state index in [1.807, 2.05) is 0 Å². The van der Waals surface area contributed by atoms with Crippen LogP contribution in [0.25, 0.3) is 0 Å². The first kappa shape index (κ1) is 18.4. The fourth-order valence-electron chi connectivity index (χ4n) is 1.69. The molecule has 0 aromatic rings. The zero-order chi connectivity index (χ0) is 15.4. The average molecular weight is 288 g/mol. The smallest absolute Gasteiger partial charge is 0.308 e. The van der Waals surface area contributed by atoms with Gasteiger partial charge in [-0.15, -0.1) is 0 Å². The summed E-state index contributed by atoms with van der Waals surface area (Å²) < 4.78 is 14.6. The quantitative estimate of drug-likeness (QED) is 0.451. The van der Waals surface area contributed by atoms with E-state index in [4.69, 9.17) is 14.2 Å². The monoisotopic (exact) mass is 288 g/mol. The molecule has 0 aromatic heterocycles. The number of hydrogen-bond donors (Lipinski definition) is 0. The molecule has 6 heteroatoms. The number of hydrogen-bond acceptors (Lipinski definition) is 6. The van der Waals surface area contributed by atoms with Gasteiger partial charge in [0.2, 0.25) is 0 Å². The van der Waals surface area contributed by atoms with Crippen molar-refractivity contribution in [3.05, 3.63) is 0 Å². The third kappa shape index (κ3) is 8.50. The van der Waals surface area contributed by atoms with Crippen LogP contribution in [0.4, 0.5) is 0 Å². The summed E-state index contributed by atoms with van der Waals surface area (Å²) in [6.07, 6.45) is 0.911. The predicted octanol–water partition coefficient (Wildman–Crippen LogP) is 1.85. The summed E-state index contributed by atoms with van der Waals surface area (Å²) in [5, 5.41) is 0. The maximum Gasteiger partial charge on any atom is 0.308 e. The number of rotatable bonds is 10. The van der Waals surface area contributed by atoms with Crippen molar-refractivity contribution >= 4 is 17.9 Å². The van der Waals surface area contributed by atoms with Gasteiger partial charge in [-0.2, -0.15) is 0 Å². The predicted molar refractivity (Wildman–Crippen MR) is 71.9 cm³/mol. The van der Waals surface area contributed by atoms with Gasteiger partial charge in [0.05, 0.1) is 25.7 Å². The molecule has 0 atom stereocenters. The minimum Gasteiger partial charge on any atom is -0.466 e. The molecule has 20 heavy (non-hydrogen) atoms. The standard InChI is InChI=1S/C14H24O6/c1-4-18-12(15)9-7-11(14(17)20-6-3)8-10-13(16)19-5-2/h11H,4-10H2,1-3H3. The van der Waals surface area contributed by atoms with Crippen LogP contribution in [-0.4, -0.2) is 37.7 Å². The zero-order valence-electron chi connectivity index (χ0n) is 12.5. The molecule has 0 spiro atoms. The normalized spacial score (nSPS) is 10.2. The van der Waals surface area contributed by atoms with Crippen molar-refractivity contribution in [3.63, 3.8) is 0 Å². The summed E-state index contributed by atoms with van der Waals surface area (Å²) in [6, 6.07) is 0. The Morgan fingerprint density at radius 3 is 1.50 bits per heavy atom. The highest BCUT2D eigenvalue weighted by atomic mass is 16.5. The van der Waals surface area contributed by atoms with Crippen molar-refractivity contribution in [1.82, 2.24) is 0 Å². The molecule has 0 saturated carbocycles. The van der Waals surface area contributed by atoms with E-state index in [-0.39, 0.29) is 37.4 Å². The Balaban J connectivity index is 4.30. The van der Waals surface area contributed by atoms with Gasteiger partial charge in [-0.1, -0.05) is 0 Å². The molecule has 0 rings (SSSR count). The Morgan fingerprint density at radius 2 is 1.15 bits per heavy atom. The third-order valence-electron chi connectivity index (χ3n) is 2.62. The molecule has 0 aliphatic rings. The van der Waals surface area contributed by atoms with Crippen LogP contribution < -0.4 is 0 Å². The number of ether oxygens (including phenoxy) is 3. The Labute approximate surface area is 119 Å². The van der Waals surface area contributed by atoms with Crippen LogP contribution in [0.1, 0.15) is 46.5 Å². The van der Waals surface area contributed by atoms with Gasteiger partial charge in [0.15, 0.2) is 0 Å². The summed E-state index contributed by atoms with van der Waals surface area (Å²) in [5.41, 5.74) is 0. The third-order valence-corrected chi connectivity index (χ3v) is 2.62. The summed E-state index contributed by atoms with van der Waals surface area (Å²) in [6.45, 7) is 6.06.